The molecule has 0 amide bonds. The number of aromatic nitrogens is 2. The number of thiophene rings is 1. The van der Waals surface area contributed by atoms with Crippen molar-refractivity contribution in [3.05, 3.63) is 51.7 Å². The number of ether oxygens (including phenoxy) is 1. The van der Waals surface area contributed by atoms with Crippen LogP contribution in [0.15, 0.2) is 45.6 Å². The van der Waals surface area contributed by atoms with Crippen molar-refractivity contribution in [3.8, 4) is 11.4 Å². The van der Waals surface area contributed by atoms with E-state index in [0.29, 0.717) is 23.4 Å². The van der Waals surface area contributed by atoms with Crippen LogP contribution in [0.3, 0.4) is 0 Å². The number of nitrogens with zero attached hydrogens (tertiary/aromatic N) is 3. The fourth-order valence-electron chi connectivity index (χ4n) is 2.84. The lowest BCUT2D eigenvalue weighted by molar-refractivity contribution is -0.0188. The molecule has 7 heteroatoms. The molecule has 124 valence electrons. The lowest BCUT2D eigenvalue weighted by atomic mass is 10.1. The van der Waals surface area contributed by atoms with Crippen LogP contribution in [0.2, 0.25) is 5.02 Å². The summed E-state index contributed by atoms with van der Waals surface area (Å²) in [6.45, 7) is 3.47. The third-order valence-corrected chi connectivity index (χ3v) is 4.88. The van der Waals surface area contributed by atoms with Crippen LogP contribution in [0, 0.1) is 0 Å². The number of halogens is 1. The Kier molecular flexibility index (Phi) is 4.26. The van der Waals surface area contributed by atoms with Gasteiger partial charge in [-0.3, -0.25) is 0 Å². The van der Waals surface area contributed by atoms with Gasteiger partial charge in [0.1, 0.15) is 6.10 Å². The molecule has 1 aliphatic rings. The summed E-state index contributed by atoms with van der Waals surface area (Å²) in [4.78, 5) is 6.61. The number of hydrogen-bond donors (Lipinski definition) is 0. The molecule has 0 bridgehead atoms. The zero-order valence-electron chi connectivity index (χ0n) is 13.1. The van der Waals surface area contributed by atoms with Crippen LogP contribution >= 0.6 is 22.9 Å². The first-order valence-corrected chi connectivity index (χ1v) is 9.03. The molecule has 3 aromatic rings. The fraction of sp³-hybridized carbons (Fsp3) is 0.294. The Hall–Kier alpha value is -1.89. The van der Waals surface area contributed by atoms with Gasteiger partial charge in [-0.15, -0.1) is 0 Å². The summed E-state index contributed by atoms with van der Waals surface area (Å²) in [5.41, 5.74) is 2.03. The first-order valence-electron chi connectivity index (χ1n) is 7.71. The maximum Gasteiger partial charge on any atom is 0.324 e. The zero-order chi connectivity index (χ0) is 16.5. The van der Waals surface area contributed by atoms with E-state index in [1.54, 1.807) is 11.3 Å². The molecule has 1 aromatic carbocycles. The van der Waals surface area contributed by atoms with Crippen molar-refractivity contribution in [2.75, 3.05) is 18.0 Å². The van der Waals surface area contributed by atoms with Gasteiger partial charge in [-0.2, -0.15) is 16.3 Å². The van der Waals surface area contributed by atoms with Crippen molar-refractivity contribution in [2.45, 2.75) is 19.1 Å². The summed E-state index contributed by atoms with van der Waals surface area (Å²) in [5, 5.41) is 8.92. The standard InChI is InChI=1S/C17H16ClN3O2S/c1-11-8-21(9-15(22-11)13-5-6-24-10-13)17-19-16(20-23-17)12-3-2-4-14(18)7-12/h2-7,10-11,15H,8-9H2,1H3. The fourth-order valence-corrected chi connectivity index (χ4v) is 3.73. The Morgan fingerprint density at radius 3 is 3.00 bits per heavy atom. The molecule has 24 heavy (non-hydrogen) atoms. The molecular formula is C17H16ClN3O2S. The highest BCUT2D eigenvalue weighted by Gasteiger charge is 2.29. The third kappa shape index (κ3) is 3.17. The summed E-state index contributed by atoms with van der Waals surface area (Å²) >= 11 is 7.71. The molecule has 3 heterocycles. The predicted octanol–water partition coefficient (Wildman–Crippen LogP) is 4.42. The summed E-state index contributed by atoms with van der Waals surface area (Å²) in [6, 6.07) is 10.0. The summed E-state index contributed by atoms with van der Waals surface area (Å²) in [6.07, 6.45) is 0.103. The molecule has 0 spiro atoms. The predicted molar refractivity (Wildman–Crippen MR) is 94.6 cm³/mol. The van der Waals surface area contributed by atoms with E-state index >= 15 is 0 Å². The van der Waals surface area contributed by atoms with Crippen LogP contribution in [0.4, 0.5) is 6.01 Å². The minimum absolute atomic E-state index is 0.0153. The third-order valence-electron chi connectivity index (χ3n) is 3.94. The lowest BCUT2D eigenvalue weighted by Gasteiger charge is -2.35. The summed E-state index contributed by atoms with van der Waals surface area (Å²) in [5.74, 6) is 0.540. The van der Waals surface area contributed by atoms with Crippen molar-refractivity contribution in [1.29, 1.82) is 0 Å². The first-order chi connectivity index (χ1) is 11.7. The molecule has 2 atom stereocenters. The topological polar surface area (TPSA) is 51.4 Å². The first kappa shape index (κ1) is 15.6. The van der Waals surface area contributed by atoms with Crippen molar-refractivity contribution < 1.29 is 9.26 Å². The number of morpholine rings is 1. The Morgan fingerprint density at radius 2 is 2.21 bits per heavy atom. The van der Waals surface area contributed by atoms with Crippen LogP contribution in [0.25, 0.3) is 11.4 Å². The van der Waals surface area contributed by atoms with E-state index in [2.05, 4.69) is 38.8 Å². The molecule has 2 aromatic heterocycles. The average molecular weight is 362 g/mol. The molecule has 0 N–H and O–H groups in total. The second kappa shape index (κ2) is 6.55. The molecule has 1 saturated heterocycles. The smallest absolute Gasteiger partial charge is 0.324 e. The molecule has 0 saturated carbocycles. The van der Waals surface area contributed by atoms with Crippen molar-refractivity contribution >= 4 is 29.0 Å². The van der Waals surface area contributed by atoms with Gasteiger partial charge in [0.15, 0.2) is 0 Å². The maximum absolute atomic E-state index is 6.05. The van der Waals surface area contributed by atoms with Gasteiger partial charge < -0.3 is 14.2 Å². The van der Waals surface area contributed by atoms with Crippen LogP contribution in [0.1, 0.15) is 18.6 Å². The van der Waals surface area contributed by atoms with Gasteiger partial charge in [-0.25, -0.2) is 0 Å². The highest BCUT2D eigenvalue weighted by Crippen LogP contribution is 2.30. The monoisotopic (exact) mass is 361 g/mol. The number of benzene rings is 1. The second-order valence-corrected chi connectivity index (χ2v) is 7.02. The molecule has 1 aliphatic heterocycles. The SMILES string of the molecule is CC1CN(c2nc(-c3cccc(Cl)c3)no2)CC(c2ccsc2)O1. The van der Waals surface area contributed by atoms with E-state index in [9.17, 15) is 0 Å². The van der Waals surface area contributed by atoms with Crippen LogP contribution in [0.5, 0.6) is 0 Å². The van der Waals surface area contributed by atoms with Gasteiger partial charge in [0.05, 0.1) is 12.6 Å². The van der Waals surface area contributed by atoms with Crippen molar-refractivity contribution in [3.63, 3.8) is 0 Å². The maximum atomic E-state index is 6.05. The van der Waals surface area contributed by atoms with E-state index in [4.69, 9.17) is 20.9 Å². The van der Waals surface area contributed by atoms with Crippen molar-refractivity contribution in [2.24, 2.45) is 0 Å². The molecule has 4 rings (SSSR count). The van der Waals surface area contributed by atoms with Gasteiger partial charge in [0, 0.05) is 17.1 Å². The van der Waals surface area contributed by atoms with Crippen LogP contribution in [-0.4, -0.2) is 29.3 Å². The molecule has 0 aliphatic carbocycles. The minimum atomic E-state index is 0.0153. The second-order valence-electron chi connectivity index (χ2n) is 5.81. The van der Waals surface area contributed by atoms with Gasteiger partial charge >= 0.3 is 6.01 Å². The van der Waals surface area contributed by atoms with Gasteiger partial charge in [0.25, 0.3) is 0 Å². The Bertz CT molecular complexity index is 821. The quantitative estimate of drug-likeness (QED) is 0.691. The van der Waals surface area contributed by atoms with E-state index in [1.807, 2.05) is 24.3 Å². The molecular weight excluding hydrogens is 346 g/mol. The van der Waals surface area contributed by atoms with E-state index in [-0.39, 0.29) is 12.2 Å². The number of hydrogen-bond acceptors (Lipinski definition) is 6. The van der Waals surface area contributed by atoms with Gasteiger partial charge in [0.2, 0.25) is 5.82 Å². The highest BCUT2D eigenvalue weighted by atomic mass is 35.5. The van der Waals surface area contributed by atoms with Crippen molar-refractivity contribution in [1.82, 2.24) is 10.1 Å². The summed E-state index contributed by atoms with van der Waals surface area (Å²) in [7, 11) is 0. The van der Waals surface area contributed by atoms with E-state index < -0.39 is 0 Å². The van der Waals surface area contributed by atoms with E-state index in [0.717, 1.165) is 12.1 Å². The highest BCUT2D eigenvalue weighted by molar-refractivity contribution is 7.07. The minimum Gasteiger partial charge on any atom is -0.367 e. The number of rotatable bonds is 3. The Labute approximate surface area is 148 Å². The van der Waals surface area contributed by atoms with E-state index in [1.165, 1.54) is 5.56 Å². The Balaban J connectivity index is 1.57. The molecule has 2 unspecified atom stereocenters. The van der Waals surface area contributed by atoms with Gasteiger partial charge in [-0.1, -0.05) is 28.9 Å². The lowest BCUT2D eigenvalue weighted by Crippen LogP contribution is -2.43. The average Bonchev–Trinajstić information content (AvgIpc) is 3.26. The van der Waals surface area contributed by atoms with Crippen LogP contribution in [-0.2, 0) is 4.74 Å². The number of anilines is 1. The molecule has 0 radical (unpaired) electrons. The normalized spacial score (nSPS) is 21.2. The van der Waals surface area contributed by atoms with Crippen LogP contribution < -0.4 is 4.90 Å². The Morgan fingerprint density at radius 1 is 1.29 bits per heavy atom. The summed E-state index contributed by atoms with van der Waals surface area (Å²) < 4.78 is 11.5. The molecule has 1 fully saturated rings. The zero-order valence-corrected chi connectivity index (χ0v) is 14.6. The molecule has 5 nitrogen and oxygen atoms in total. The van der Waals surface area contributed by atoms with Gasteiger partial charge in [-0.05, 0) is 41.4 Å². The largest absolute Gasteiger partial charge is 0.367 e.